The number of hydrogen-bond donors (Lipinski definition) is 0. The van der Waals surface area contributed by atoms with Gasteiger partial charge in [-0.3, -0.25) is 4.79 Å². The molecule has 0 radical (unpaired) electrons. The van der Waals surface area contributed by atoms with Crippen LogP contribution < -0.4 is 9.64 Å². The van der Waals surface area contributed by atoms with E-state index in [9.17, 15) is 4.79 Å². The summed E-state index contributed by atoms with van der Waals surface area (Å²) in [5, 5.41) is 0. The van der Waals surface area contributed by atoms with Crippen LogP contribution in [0.4, 0.5) is 5.69 Å². The maximum absolute atomic E-state index is 13.0. The van der Waals surface area contributed by atoms with Gasteiger partial charge in [-0.1, -0.05) is 50.2 Å². The number of carbonyl (C=O) groups excluding carboxylic acids is 1. The average Bonchev–Trinajstić information content (AvgIpc) is 3.45. The molecule has 1 aliphatic heterocycles. The molecule has 1 fully saturated rings. The monoisotopic (exact) mass is 531 g/mol. The number of benzene rings is 3. The van der Waals surface area contributed by atoms with Crippen LogP contribution in [0.15, 0.2) is 77.3 Å². The van der Waals surface area contributed by atoms with Crippen LogP contribution in [0.3, 0.4) is 0 Å². The number of carbonyl (C=O) groups is 1. The van der Waals surface area contributed by atoms with Gasteiger partial charge in [-0.05, 0) is 70.2 Å². The van der Waals surface area contributed by atoms with E-state index in [2.05, 4.69) is 64.7 Å². The fourth-order valence-corrected chi connectivity index (χ4v) is 5.31. The largest absolute Gasteiger partial charge is 0.492 e. The second-order valence-electron chi connectivity index (χ2n) is 9.19. The zero-order chi connectivity index (χ0) is 24.4. The molecule has 0 aliphatic carbocycles. The fraction of sp³-hybridized carbons (Fsp3) is 0.310. The van der Waals surface area contributed by atoms with E-state index in [1.165, 1.54) is 5.56 Å². The van der Waals surface area contributed by atoms with Gasteiger partial charge in [0.25, 0.3) is 0 Å². The Bertz CT molecular complexity index is 1330. The summed E-state index contributed by atoms with van der Waals surface area (Å²) in [6, 6.07) is 24.5. The minimum Gasteiger partial charge on any atom is -0.492 e. The van der Waals surface area contributed by atoms with E-state index in [0.717, 1.165) is 39.2 Å². The summed E-state index contributed by atoms with van der Waals surface area (Å²) in [6.07, 6.45) is 1.57. The molecular weight excluding hydrogens is 502 g/mol. The maximum atomic E-state index is 13.0. The Morgan fingerprint density at radius 3 is 2.57 bits per heavy atom. The van der Waals surface area contributed by atoms with Gasteiger partial charge in [-0.25, -0.2) is 4.98 Å². The van der Waals surface area contributed by atoms with Gasteiger partial charge in [0.15, 0.2) is 0 Å². The summed E-state index contributed by atoms with van der Waals surface area (Å²) in [5.41, 5.74) is 4.27. The number of hydrogen-bond acceptors (Lipinski definition) is 3. The quantitative estimate of drug-likeness (QED) is 0.248. The first kappa shape index (κ1) is 23.6. The van der Waals surface area contributed by atoms with E-state index in [4.69, 9.17) is 9.72 Å². The third-order valence-electron chi connectivity index (χ3n) is 6.96. The molecule has 2 unspecified atom stereocenters. The number of rotatable bonds is 8. The number of fused-ring (bicyclic) bond motifs is 1. The Kier molecular flexibility index (Phi) is 6.91. The molecule has 180 valence electrons. The molecule has 1 amide bonds. The number of ether oxygens (including phenoxy) is 1. The smallest absolute Gasteiger partial charge is 0.227 e. The molecule has 2 heterocycles. The Labute approximate surface area is 214 Å². The maximum Gasteiger partial charge on any atom is 0.227 e. The molecule has 4 aromatic rings. The lowest BCUT2D eigenvalue weighted by Crippen LogP contribution is -2.25. The normalized spacial score (nSPS) is 16.7. The Balaban J connectivity index is 1.35. The van der Waals surface area contributed by atoms with Crippen LogP contribution in [0.1, 0.15) is 49.9 Å². The number of aromatic nitrogens is 2. The van der Waals surface area contributed by atoms with Crippen molar-refractivity contribution < 1.29 is 9.53 Å². The van der Waals surface area contributed by atoms with Gasteiger partial charge in [0.1, 0.15) is 18.2 Å². The van der Waals surface area contributed by atoms with E-state index in [-0.39, 0.29) is 11.8 Å². The van der Waals surface area contributed by atoms with Gasteiger partial charge in [0.2, 0.25) is 5.91 Å². The summed E-state index contributed by atoms with van der Waals surface area (Å²) >= 11 is 3.59. The summed E-state index contributed by atoms with van der Waals surface area (Å²) < 4.78 is 9.26. The van der Waals surface area contributed by atoms with Crippen molar-refractivity contribution in [3.63, 3.8) is 0 Å². The first-order valence-corrected chi connectivity index (χ1v) is 13.1. The molecule has 5 rings (SSSR count). The molecule has 1 aromatic heterocycles. The molecule has 0 saturated carbocycles. The average molecular weight is 532 g/mol. The zero-order valence-corrected chi connectivity index (χ0v) is 21.7. The molecule has 5 nitrogen and oxygen atoms in total. The minimum atomic E-state index is 0.0248. The predicted octanol–water partition coefficient (Wildman–Crippen LogP) is 6.91. The topological polar surface area (TPSA) is 47.4 Å². The van der Waals surface area contributed by atoms with Crippen molar-refractivity contribution in [1.82, 2.24) is 9.55 Å². The molecule has 3 aromatic carbocycles. The van der Waals surface area contributed by atoms with E-state index >= 15 is 0 Å². The van der Waals surface area contributed by atoms with Crippen molar-refractivity contribution >= 4 is 38.6 Å². The molecule has 0 N–H and O–H groups in total. The number of para-hydroxylation sites is 3. The first-order chi connectivity index (χ1) is 17.0. The number of anilines is 1. The summed E-state index contributed by atoms with van der Waals surface area (Å²) in [7, 11) is 0. The van der Waals surface area contributed by atoms with Crippen molar-refractivity contribution in [3.8, 4) is 5.75 Å². The first-order valence-electron chi connectivity index (χ1n) is 12.3. The van der Waals surface area contributed by atoms with Gasteiger partial charge >= 0.3 is 0 Å². The van der Waals surface area contributed by atoms with Crippen molar-refractivity contribution in [3.05, 3.63) is 88.7 Å². The van der Waals surface area contributed by atoms with Crippen molar-refractivity contribution in [2.75, 3.05) is 18.1 Å². The highest BCUT2D eigenvalue weighted by Gasteiger charge is 2.35. The summed E-state index contributed by atoms with van der Waals surface area (Å²) in [5.74, 6) is 2.52. The van der Waals surface area contributed by atoms with E-state index in [1.54, 1.807) is 0 Å². The number of halogens is 1. The van der Waals surface area contributed by atoms with E-state index in [0.29, 0.717) is 32.0 Å². The van der Waals surface area contributed by atoms with Gasteiger partial charge in [-0.15, -0.1) is 0 Å². The van der Waals surface area contributed by atoms with Crippen LogP contribution >= 0.6 is 15.9 Å². The van der Waals surface area contributed by atoms with Crippen molar-refractivity contribution in [2.45, 2.75) is 45.1 Å². The van der Waals surface area contributed by atoms with Crippen LogP contribution in [-0.2, 0) is 11.3 Å². The lowest BCUT2D eigenvalue weighted by Gasteiger charge is -2.19. The van der Waals surface area contributed by atoms with E-state index in [1.807, 2.05) is 47.4 Å². The van der Waals surface area contributed by atoms with Crippen LogP contribution in [-0.4, -0.2) is 28.6 Å². The number of amides is 1. The van der Waals surface area contributed by atoms with Crippen molar-refractivity contribution in [2.24, 2.45) is 0 Å². The zero-order valence-electron chi connectivity index (χ0n) is 20.2. The highest BCUT2D eigenvalue weighted by molar-refractivity contribution is 9.10. The van der Waals surface area contributed by atoms with Gasteiger partial charge in [-0.2, -0.15) is 0 Å². The van der Waals surface area contributed by atoms with Gasteiger partial charge in [0.05, 0.1) is 23.3 Å². The minimum absolute atomic E-state index is 0.0248. The molecule has 35 heavy (non-hydrogen) atoms. The van der Waals surface area contributed by atoms with Crippen LogP contribution in [0.2, 0.25) is 0 Å². The third kappa shape index (κ3) is 4.85. The number of nitrogens with zero attached hydrogens (tertiary/aromatic N) is 3. The van der Waals surface area contributed by atoms with Crippen LogP contribution in [0.5, 0.6) is 5.75 Å². The summed E-state index contributed by atoms with van der Waals surface area (Å²) in [6.45, 7) is 6.26. The molecule has 1 saturated heterocycles. The molecule has 0 bridgehead atoms. The highest BCUT2D eigenvalue weighted by Crippen LogP contribution is 2.36. The predicted molar refractivity (Wildman–Crippen MR) is 144 cm³/mol. The standard InChI is InChI=1S/C29H30BrN3O2/c1-3-20(2)21-12-14-23(15-13-21)35-17-16-32-27-11-7-5-9-25(27)31-29(32)22-18-28(34)33(19-22)26-10-6-4-8-24(26)30/h4-15,20,22H,3,16-19H2,1-2H3. The van der Waals surface area contributed by atoms with E-state index < -0.39 is 0 Å². The Hall–Kier alpha value is -3.12. The van der Waals surface area contributed by atoms with Crippen molar-refractivity contribution in [1.29, 1.82) is 0 Å². The SMILES string of the molecule is CCC(C)c1ccc(OCCn2c(C3CC(=O)N(c4ccccc4Br)C3)nc3ccccc32)cc1. The van der Waals surface area contributed by atoms with Crippen LogP contribution in [0, 0.1) is 0 Å². The molecule has 6 heteroatoms. The van der Waals surface area contributed by atoms with Gasteiger partial charge < -0.3 is 14.2 Å². The third-order valence-corrected chi connectivity index (χ3v) is 7.63. The lowest BCUT2D eigenvalue weighted by molar-refractivity contribution is -0.117. The molecule has 2 atom stereocenters. The number of imidazole rings is 1. The second-order valence-corrected chi connectivity index (χ2v) is 10.0. The lowest BCUT2D eigenvalue weighted by atomic mass is 9.99. The Morgan fingerprint density at radius 2 is 1.80 bits per heavy atom. The molecule has 0 spiro atoms. The summed E-state index contributed by atoms with van der Waals surface area (Å²) in [4.78, 5) is 19.8. The van der Waals surface area contributed by atoms with Gasteiger partial charge in [0, 0.05) is 23.4 Å². The Morgan fingerprint density at radius 1 is 1.06 bits per heavy atom. The fourth-order valence-electron chi connectivity index (χ4n) is 4.81. The molecular formula is C29H30BrN3O2. The van der Waals surface area contributed by atoms with Crippen LogP contribution in [0.25, 0.3) is 11.0 Å². The second kappa shape index (κ2) is 10.2. The highest BCUT2D eigenvalue weighted by atomic mass is 79.9. The molecule has 1 aliphatic rings.